The summed E-state index contributed by atoms with van der Waals surface area (Å²) in [5.41, 5.74) is 9.72. The van der Waals surface area contributed by atoms with Crippen LogP contribution in [-0.4, -0.2) is 18.5 Å². The number of amides is 1. The molecule has 2 aliphatic rings. The number of nitrogens with one attached hydrogen (secondary N) is 2. The van der Waals surface area contributed by atoms with Gasteiger partial charge in [-0.25, -0.2) is 0 Å². The van der Waals surface area contributed by atoms with Crippen molar-refractivity contribution in [3.05, 3.63) is 29.3 Å². The number of aryl methyl sites for hydroxylation is 1. The van der Waals surface area contributed by atoms with Crippen molar-refractivity contribution in [2.75, 3.05) is 11.9 Å². The summed E-state index contributed by atoms with van der Waals surface area (Å²) in [6.45, 7) is 1.07. The Morgan fingerprint density at radius 3 is 2.95 bits per heavy atom. The zero-order valence-electron chi connectivity index (χ0n) is 11.1. The van der Waals surface area contributed by atoms with Crippen molar-refractivity contribution in [1.82, 2.24) is 5.32 Å². The van der Waals surface area contributed by atoms with Gasteiger partial charge in [0.1, 0.15) is 0 Å². The topological polar surface area (TPSA) is 67.2 Å². The summed E-state index contributed by atoms with van der Waals surface area (Å²) in [6, 6.07) is 6.62. The second-order valence-corrected chi connectivity index (χ2v) is 5.55. The second-order valence-electron chi connectivity index (χ2n) is 5.55. The molecule has 2 atom stereocenters. The molecule has 1 fully saturated rings. The molecule has 1 saturated heterocycles. The summed E-state index contributed by atoms with van der Waals surface area (Å²) < 4.78 is 0. The van der Waals surface area contributed by atoms with E-state index in [-0.39, 0.29) is 11.9 Å². The lowest BCUT2D eigenvalue weighted by atomic mass is 9.91. The Morgan fingerprint density at radius 1 is 1.26 bits per heavy atom. The van der Waals surface area contributed by atoms with Crippen LogP contribution in [0.25, 0.3) is 0 Å². The number of hydrogen-bond acceptors (Lipinski definition) is 3. The van der Waals surface area contributed by atoms with Gasteiger partial charge in [0.2, 0.25) is 5.91 Å². The number of piperidine rings is 1. The van der Waals surface area contributed by atoms with E-state index in [0.717, 1.165) is 25.1 Å². The fourth-order valence-electron chi connectivity index (χ4n) is 3.03. The van der Waals surface area contributed by atoms with E-state index in [9.17, 15) is 4.79 Å². The smallest absolute Gasteiger partial charge is 0.224 e. The van der Waals surface area contributed by atoms with E-state index in [2.05, 4.69) is 16.7 Å². The van der Waals surface area contributed by atoms with Crippen LogP contribution in [0.5, 0.6) is 0 Å². The molecule has 4 N–H and O–H groups in total. The normalized spacial score (nSPS) is 24.5. The molecule has 4 nitrogen and oxygen atoms in total. The minimum Gasteiger partial charge on any atom is -0.326 e. The van der Waals surface area contributed by atoms with Gasteiger partial charge in [0.05, 0.1) is 0 Å². The first kappa shape index (κ1) is 12.6. The van der Waals surface area contributed by atoms with Crippen LogP contribution >= 0.6 is 0 Å². The minimum absolute atomic E-state index is 0.0447. The SMILES string of the molecule is NC(c1ccc2c(c1)CCC(=O)N2)C1CCCCN1. The van der Waals surface area contributed by atoms with Gasteiger partial charge in [0, 0.05) is 24.2 Å². The number of nitrogens with two attached hydrogens (primary N) is 1. The molecule has 0 bridgehead atoms. The first-order chi connectivity index (χ1) is 9.24. The van der Waals surface area contributed by atoms with Crippen molar-refractivity contribution in [2.24, 2.45) is 5.73 Å². The summed E-state index contributed by atoms with van der Waals surface area (Å²) in [6.07, 6.45) is 5.05. The average Bonchev–Trinajstić information content (AvgIpc) is 2.47. The van der Waals surface area contributed by atoms with Gasteiger partial charge >= 0.3 is 0 Å². The molecule has 0 spiro atoms. The molecule has 0 radical (unpaired) electrons. The number of rotatable bonds is 2. The number of carbonyl (C=O) groups is 1. The number of carbonyl (C=O) groups excluding carboxylic acids is 1. The molecule has 1 amide bonds. The van der Waals surface area contributed by atoms with Crippen molar-refractivity contribution in [2.45, 2.75) is 44.2 Å². The Kier molecular flexibility index (Phi) is 3.53. The molecule has 102 valence electrons. The van der Waals surface area contributed by atoms with Crippen LogP contribution in [0.15, 0.2) is 18.2 Å². The van der Waals surface area contributed by atoms with Gasteiger partial charge < -0.3 is 16.4 Å². The monoisotopic (exact) mass is 259 g/mol. The summed E-state index contributed by atoms with van der Waals surface area (Å²) in [5.74, 6) is 0.110. The zero-order chi connectivity index (χ0) is 13.2. The van der Waals surface area contributed by atoms with Crippen molar-refractivity contribution < 1.29 is 4.79 Å². The average molecular weight is 259 g/mol. The fraction of sp³-hybridized carbons (Fsp3) is 0.533. The van der Waals surface area contributed by atoms with E-state index >= 15 is 0 Å². The standard InChI is InChI=1S/C15H21N3O/c16-15(13-3-1-2-8-17-13)11-4-6-12-10(9-11)5-7-14(19)18-12/h4,6,9,13,15,17H,1-3,5,7-8,16H2,(H,18,19). The fourth-order valence-corrected chi connectivity index (χ4v) is 3.03. The van der Waals surface area contributed by atoms with E-state index < -0.39 is 0 Å². The highest BCUT2D eigenvalue weighted by Crippen LogP contribution is 2.28. The number of fused-ring (bicyclic) bond motifs is 1. The van der Waals surface area contributed by atoms with Crippen LogP contribution in [-0.2, 0) is 11.2 Å². The first-order valence-electron chi connectivity index (χ1n) is 7.16. The molecule has 4 heteroatoms. The number of hydrogen-bond donors (Lipinski definition) is 3. The molecule has 0 aromatic heterocycles. The highest BCUT2D eigenvalue weighted by molar-refractivity contribution is 5.93. The van der Waals surface area contributed by atoms with Crippen LogP contribution in [0.3, 0.4) is 0 Å². The quantitative estimate of drug-likeness (QED) is 0.757. The van der Waals surface area contributed by atoms with Gasteiger partial charge in [0.25, 0.3) is 0 Å². The maximum absolute atomic E-state index is 11.3. The van der Waals surface area contributed by atoms with Crippen molar-refractivity contribution in [1.29, 1.82) is 0 Å². The lowest BCUT2D eigenvalue weighted by Crippen LogP contribution is -2.42. The Hall–Kier alpha value is -1.39. The van der Waals surface area contributed by atoms with Crippen molar-refractivity contribution >= 4 is 11.6 Å². The van der Waals surface area contributed by atoms with Crippen LogP contribution in [0.1, 0.15) is 42.9 Å². The molecule has 2 unspecified atom stereocenters. The van der Waals surface area contributed by atoms with Gasteiger partial charge in [-0.3, -0.25) is 4.79 Å². The third-order valence-corrected chi connectivity index (χ3v) is 4.19. The van der Waals surface area contributed by atoms with E-state index in [0.29, 0.717) is 12.5 Å². The van der Waals surface area contributed by atoms with E-state index in [1.54, 1.807) is 0 Å². The largest absolute Gasteiger partial charge is 0.326 e. The summed E-state index contributed by atoms with van der Waals surface area (Å²) in [5, 5.41) is 6.42. The summed E-state index contributed by atoms with van der Waals surface area (Å²) in [7, 11) is 0. The third-order valence-electron chi connectivity index (χ3n) is 4.19. The molecule has 19 heavy (non-hydrogen) atoms. The lowest BCUT2D eigenvalue weighted by Gasteiger charge is -2.30. The molecule has 0 aliphatic carbocycles. The van der Waals surface area contributed by atoms with Crippen molar-refractivity contribution in [3.8, 4) is 0 Å². The maximum atomic E-state index is 11.3. The van der Waals surface area contributed by atoms with Gasteiger partial charge in [0.15, 0.2) is 0 Å². The molecule has 0 saturated carbocycles. The first-order valence-corrected chi connectivity index (χ1v) is 7.16. The Labute approximate surface area is 113 Å². The Bertz CT molecular complexity index is 480. The van der Waals surface area contributed by atoms with Gasteiger partial charge in [-0.2, -0.15) is 0 Å². The van der Waals surface area contributed by atoms with E-state index in [1.807, 2.05) is 12.1 Å². The van der Waals surface area contributed by atoms with Gasteiger partial charge in [-0.05, 0) is 43.0 Å². The molecule has 2 heterocycles. The lowest BCUT2D eigenvalue weighted by molar-refractivity contribution is -0.116. The van der Waals surface area contributed by atoms with Crippen LogP contribution < -0.4 is 16.4 Å². The maximum Gasteiger partial charge on any atom is 0.224 e. The van der Waals surface area contributed by atoms with Crippen LogP contribution in [0.2, 0.25) is 0 Å². The molecule has 1 aromatic carbocycles. The second kappa shape index (κ2) is 5.31. The summed E-state index contributed by atoms with van der Waals surface area (Å²) >= 11 is 0. The highest BCUT2D eigenvalue weighted by Gasteiger charge is 2.23. The number of anilines is 1. The Morgan fingerprint density at radius 2 is 2.16 bits per heavy atom. The van der Waals surface area contributed by atoms with Crippen LogP contribution in [0.4, 0.5) is 5.69 Å². The minimum atomic E-state index is 0.0447. The molecule has 3 rings (SSSR count). The van der Waals surface area contributed by atoms with E-state index in [1.165, 1.54) is 24.0 Å². The Balaban J connectivity index is 1.79. The zero-order valence-corrected chi connectivity index (χ0v) is 11.1. The van der Waals surface area contributed by atoms with Gasteiger partial charge in [-0.1, -0.05) is 18.6 Å². The van der Waals surface area contributed by atoms with Gasteiger partial charge in [-0.15, -0.1) is 0 Å². The number of benzene rings is 1. The molecule has 1 aromatic rings. The highest BCUT2D eigenvalue weighted by atomic mass is 16.1. The third kappa shape index (κ3) is 2.65. The van der Waals surface area contributed by atoms with Crippen molar-refractivity contribution in [3.63, 3.8) is 0 Å². The van der Waals surface area contributed by atoms with E-state index in [4.69, 9.17) is 5.73 Å². The molecule has 2 aliphatic heterocycles. The predicted molar refractivity (Wildman–Crippen MR) is 76.0 cm³/mol. The van der Waals surface area contributed by atoms with Crippen LogP contribution in [0, 0.1) is 0 Å². The molecular weight excluding hydrogens is 238 g/mol. The summed E-state index contributed by atoms with van der Waals surface area (Å²) in [4.78, 5) is 11.3. The predicted octanol–water partition coefficient (Wildman–Crippen LogP) is 1.71. The molecular formula is C15H21N3O.